The number of rotatable bonds is 3. The minimum absolute atomic E-state index is 0.222. The van der Waals surface area contributed by atoms with Crippen LogP contribution in [-0.4, -0.2) is 25.7 Å². The minimum Gasteiger partial charge on any atom is -0.364 e. The van der Waals surface area contributed by atoms with Crippen LogP contribution in [0.5, 0.6) is 0 Å². The Morgan fingerprint density at radius 2 is 1.83 bits per heavy atom. The molecule has 24 heavy (non-hydrogen) atoms. The van der Waals surface area contributed by atoms with Gasteiger partial charge in [-0.15, -0.1) is 0 Å². The van der Waals surface area contributed by atoms with Gasteiger partial charge in [0, 0.05) is 11.8 Å². The third-order valence-electron chi connectivity index (χ3n) is 3.55. The highest BCUT2D eigenvalue weighted by Crippen LogP contribution is 2.26. The topological polar surface area (TPSA) is 86.7 Å². The number of nitrogens with zero attached hydrogens (tertiary/aromatic N) is 4. The largest absolute Gasteiger partial charge is 0.364 e. The van der Waals surface area contributed by atoms with Gasteiger partial charge in [-0.1, -0.05) is 30.3 Å². The number of hydrogen-bond donors (Lipinski definition) is 1. The van der Waals surface area contributed by atoms with Crippen LogP contribution in [0.3, 0.4) is 0 Å². The van der Waals surface area contributed by atoms with Crippen molar-refractivity contribution in [3.05, 3.63) is 54.4 Å². The summed E-state index contributed by atoms with van der Waals surface area (Å²) >= 11 is 0. The molecule has 0 unspecified atom stereocenters. The molecule has 1 amide bonds. The molecule has 0 spiro atoms. The first-order valence-corrected chi connectivity index (χ1v) is 7.65. The van der Waals surface area contributed by atoms with Gasteiger partial charge in [0.1, 0.15) is 0 Å². The predicted molar refractivity (Wildman–Crippen MR) is 92.2 cm³/mol. The second-order valence-corrected chi connectivity index (χ2v) is 6.49. The number of nitrogens with two attached hydrogens (primary N) is 1. The molecular weight excluding hydrogens is 302 g/mol. The van der Waals surface area contributed by atoms with Crippen LogP contribution in [-0.2, 0) is 5.54 Å². The van der Waals surface area contributed by atoms with E-state index in [2.05, 4.69) is 15.1 Å². The van der Waals surface area contributed by atoms with Crippen molar-refractivity contribution in [2.24, 2.45) is 5.73 Å². The molecule has 0 bridgehead atoms. The molecule has 0 radical (unpaired) electrons. The van der Waals surface area contributed by atoms with Crippen molar-refractivity contribution in [2.75, 3.05) is 0 Å². The fourth-order valence-corrected chi connectivity index (χ4v) is 2.42. The fraction of sp³-hybridized carbons (Fsp3) is 0.222. The Kier molecular flexibility index (Phi) is 3.89. The zero-order valence-corrected chi connectivity index (χ0v) is 13.9. The summed E-state index contributed by atoms with van der Waals surface area (Å²) in [5.74, 6) is 0.0620. The third kappa shape index (κ3) is 3.03. The average molecular weight is 321 g/mol. The number of carbonyl (C=O) groups excluding carboxylic acids is 1. The first kappa shape index (κ1) is 15.9. The zero-order valence-electron chi connectivity index (χ0n) is 13.9. The van der Waals surface area contributed by atoms with Gasteiger partial charge in [-0.2, -0.15) is 5.10 Å². The van der Waals surface area contributed by atoms with Crippen LogP contribution in [0.4, 0.5) is 0 Å². The standard InChI is InChI=1S/C18H19N5O/c1-18(2,3)23-15(11-14(22-23)16(19)24)13-9-10-20-17(21-13)12-7-5-4-6-8-12/h4-11H,1-3H3,(H2,19,24). The number of hydrogen-bond acceptors (Lipinski definition) is 4. The first-order valence-electron chi connectivity index (χ1n) is 7.65. The summed E-state index contributed by atoms with van der Waals surface area (Å²) in [7, 11) is 0. The van der Waals surface area contributed by atoms with Gasteiger partial charge in [-0.05, 0) is 32.9 Å². The normalized spacial score (nSPS) is 11.5. The predicted octanol–water partition coefficient (Wildman–Crippen LogP) is 2.86. The zero-order chi connectivity index (χ0) is 17.3. The average Bonchev–Trinajstić information content (AvgIpc) is 3.02. The van der Waals surface area contributed by atoms with Crippen LogP contribution in [0.25, 0.3) is 22.8 Å². The highest BCUT2D eigenvalue weighted by Gasteiger charge is 2.23. The fourth-order valence-electron chi connectivity index (χ4n) is 2.42. The van der Waals surface area contributed by atoms with Crippen molar-refractivity contribution >= 4 is 5.91 Å². The number of carbonyl (C=O) groups is 1. The molecule has 6 heteroatoms. The second-order valence-electron chi connectivity index (χ2n) is 6.49. The summed E-state index contributed by atoms with van der Waals surface area (Å²) in [4.78, 5) is 20.5. The van der Waals surface area contributed by atoms with E-state index in [-0.39, 0.29) is 11.2 Å². The molecule has 2 heterocycles. The Hall–Kier alpha value is -3.02. The van der Waals surface area contributed by atoms with Gasteiger partial charge >= 0.3 is 0 Å². The first-order chi connectivity index (χ1) is 11.4. The number of aromatic nitrogens is 4. The van der Waals surface area contributed by atoms with E-state index in [0.717, 1.165) is 11.3 Å². The molecule has 0 fully saturated rings. The second kappa shape index (κ2) is 5.88. The Labute approximate surface area is 140 Å². The molecule has 0 saturated carbocycles. The van der Waals surface area contributed by atoms with E-state index in [9.17, 15) is 4.79 Å². The van der Waals surface area contributed by atoms with Crippen LogP contribution in [0.2, 0.25) is 0 Å². The summed E-state index contributed by atoms with van der Waals surface area (Å²) in [5, 5.41) is 4.34. The van der Waals surface area contributed by atoms with Crippen LogP contribution in [0, 0.1) is 0 Å². The van der Waals surface area contributed by atoms with Crippen molar-refractivity contribution in [1.82, 2.24) is 19.7 Å². The summed E-state index contributed by atoms with van der Waals surface area (Å²) in [6.45, 7) is 6.02. The highest BCUT2D eigenvalue weighted by atomic mass is 16.1. The van der Waals surface area contributed by atoms with E-state index in [1.807, 2.05) is 51.1 Å². The molecule has 3 rings (SSSR count). The molecule has 1 aromatic carbocycles. The molecule has 6 nitrogen and oxygen atoms in total. The van der Waals surface area contributed by atoms with Crippen molar-refractivity contribution < 1.29 is 4.79 Å². The summed E-state index contributed by atoms with van der Waals surface area (Å²) in [6, 6.07) is 13.2. The van der Waals surface area contributed by atoms with E-state index in [0.29, 0.717) is 11.5 Å². The van der Waals surface area contributed by atoms with Crippen LogP contribution < -0.4 is 5.73 Å². The number of amides is 1. The van der Waals surface area contributed by atoms with E-state index >= 15 is 0 Å². The molecule has 3 aromatic rings. The molecule has 0 saturated heterocycles. The Morgan fingerprint density at radius 3 is 2.46 bits per heavy atom. The van der Waals surface area contributed by atoms with Crippen molar-refractivity contribution in [3.63, 3.8) is 0 Å². The minimum atomic E-state index is -0.559. The molecule has 122 valence electrons. The quantitative estimate of drug-likeness (QED) is 0.803. The van der Waals surface area contributed by atoms with Crippen molar-refractivity contribution in [1.29, 1.82) is 0 Å². The Morgan fingerprint density at radius 1 is 1.12 bits per heavy atom. The van der Waals surface area contributed by atoms with Gasteiger partial charge < -0.3 is 5.73 Å². The van der Waals surface area contributed by atoms with E-state index in [1.54, 1.807) is 23.0 Å². The molecule has 0 aliphatic heterocycles. The van der Waals surface area contributed by atoms with Crippen LogP contribution in [0.15, 0.2) is 48.7 Å². The third-order valence-corrected chi connectivity index (χ3v) is 3.55. The van der Waals surface area contributed by atoms with Crippen LogP contribution >= 0.6 is 0 Å². The van der Waals surface area contributed by atoms with Crippen molar-refractivity contribution in [3.8, 4) is 22.8 Å². The lowest BCUT2D eigenvalue weighted by Gasteiger charge is -2.22. The molecule has 0 aliphatic rings. The van der Waals surface area contributed by atoms with Gasteiger partial charge in [0.25, 0.3) is 5.91 Å². The molecule has 2 aromatic heterocycles. The lowest BCUT2D eigenvalue weighted by atomic mass is 10.1. The summed E-state index contributed by atoms with van der Waals surface area (Å²) < 4.78 is 1.77. The smallest absolute Gasteiger partial charge is 0.269 e. The molecular formula is C18H19N5O. The maximum absolute atomic E-state index is 11.5. The maximum Gasteiger partial charge on any atom is 0.269 e. The van der Waals surface area contributed by atoms with Crippen LogP contribution in [0.1, 0.15) is 31.3 Å². The monoisotopic (exact) mass is 321 g/mol. The van der Waals surface area contributed by atoms with Gasteiger partial charge in [-0.25, -0.2) is 9.97 Å². The van der Waals surface area contributed by atoms with Gasteiger partial charge in [0.15, 0.2) is 11.5 Å². The van der Waals surface area contributed by atoms with E-state index in [4.69, 9.17) is 5.73 Å². The lowest BCUT2D eigenvalue weighted by Crippen LogP contribution is -2.25. The molecule has 0 aliphatic carbocycles. The highest BCUT2D eigenvalue weighted by molar-refractivity contribution is 5.91. The van der Waals surface area contributed by atoms with Gasteiger partial charge in [0.2, 0.25) is 0 Å². The van der Waals surface area contributed by atoms with Crippen molar-refractivity contribution in [2.45, 2.75) is 26.3 Å². The number of primary amides is 1. The van der Waals surface area contributed by atoms with Gasteiger partial charge in [0.05, 0.1) is 16.9 Å². The Bertz CT molecular complexity index is 878. The van der Waals surface area contributed by atoms with E-state index < -0.39 is 5.91 Å². The van der Waals surface area contributed by atoms with E-state index in [1.165, 1.54) is 0 Å². The lowest BCUT2D eigenvalue weighted by molar-refractivity contribution is 0.0994. The molecule has 2 N–H and O–H groups in total. The molecule has 0 atom stereocenters. The SMILES string of the molecule is CC(C)(C)n1nc(C(N)=O)cc1-c1ccnc(-c2ccccc2)n1. The van der Waals surface area contributed by atoms with Gasteiger partial charge in [-0.3, -0.25) is 9.48 Å². The summed E-state index contributed by atoms with van der Waals surface area (Å²) in [5.41, 5.74) is 7.65. The number of benzene rings is 1. The Balaban J connectivity index is 2.14. The summed E-state index contributed by atoms with van der Waals surface area (Å²) in [6.07, 6.45) is 1.70. The maximum atomic E-state index is 11.5.